The maximum Gasteiger partial charge on any atom is 0.258 e. The second-order valence-corrected chi connectivity index (χ2v) is 7.58. The van der Waals surface area contributed by atoms with Crippen molar-refractivity contribution in [3.05, 3.63) is 76.3 Å². The highest BCUT2D eigenvalue weighted by molar-refractivity contribution is 5.97. The first-order chi connectivity index (χ1) is 14.9. The van der Waals surface area contributed by atoms with Gasteiger partial charge in [0.15, 0.2) is 0 Å². The van der Waals surface area contributed by atoms with Crippen LogP contribution in [-0.4, -0.2) is 39.3 Å². The number of carbonyl (C=O) groups is 2. The molecule has 31 heavy (non-hydrogen) atoms. The lowest BCUT2D eigenvalue weighted by Crippen LogP contribution is -2.51. The minimum atomic E-state index is -0.676. The molecule has 3 aromatic rings. The van der Waals surface area contributed by atoms with E-state index < -0.39 is 6.04 Å². The fourth-order valence-corrected chi connectivity index (χ4v) is 3.43. The van der Waals surface area contributed by atoms with E-state index in [1.807, 2.05) is 32.9 Å². The van der Waals surface area contributed by atoms with Crippen molar-refractivity contribution in [3.63, 3.8) is 0 Å². The van der Waals surface area contributed by atoms with Crippen molar-refractivity contribution in [1.29, 1.82) is 0 Å². The number of nitrogens with one attached hydrogen (secondary N) is 2. The van der Waals surface area contributed by atoms with E-state index in [0.29, 0.717) is 28.8 Å². The molecule has 3 rings (SSSR count). The summed E-state index contributed by atoms with van der Waals surface area (Å²) in [5.74, 6) is -0.126. The number of amides is 2. The van der Waals surface area contributed by atoms with Crippen LogP contribution < -0.4 is 10.9 Å². The largest absolute Gasteiger partial charge is 0.340 e. The zero-order valence-corrected chi connectivity index (χ0v) is 18.1. The average Bonchev–Trinajstić information content (AvgIpc) is 2.80. The highest BCUT2D eigenvalue weighted by Gasteiger charge is 2.30. The molecule has 2 unspecified atom stereocenters. The van der Waals surface area contributed by atoms with Gasteiger partial charge in [-0.2, -0.15) is 0 Å². The molecular formula is C24H28N4O3. The standard InChI is InChI=1S/C24H28N4O3/c1-4-16(3)21(27-22(29)17-11-7-6-8-12-17)24(31)28(5-2)15-20-25-19-14-10-9-13-18(19)23(30)26-20/h6-14,16,21H,4-5,15H2,1-3H3,(H,27,29)(H,25,26,30). The smallest absolute Gasteiger partial charge is 0.258 e. The van der Waals surface area contributed by atoms with Crippen LogP contribution in [0.5, 0.6) is 0 Å². The Labute approximate surface area is 181 Å². The molecule has 0 bridgehead atoms. The van der Waals surface area contributed by atoms with Crippen molar-refractivity contribution < 1.29 is 9.59 Å². The van der Waals surface area contributed by atoms with Gasteiger partial charge in [-0.15, -0.1) is 0 Å². The molecule has 0 saturated carbocycles. The number of rotatable bonds is 8. The van der Waals surface area contributed by atoms with Crippen LogP contribution in [0, 0.1) is 5.92 Å². The number of hydrogen-bond acceptors (Lipinski definition) is 4. The quantitative estimate of drug-likeness (QED) is 0.585. The van der Waals surface area contributed by atoms with Crippen LogP contribution in [0.3, 0.4) is 0 Å². The molecule has 0 aliphatic rings. The van der Waals surface area contributed by atoms with E-state index in [1.165, 1.54) is 0 Å². The zero-order valence-electron chi connectivity index (χ0n) is 18.1. The molecule has 2 atom stereocenters. The van der Waals surface area contributed by atoms with E-state index in [9.17, 15) is 14.4 Å². The predicted octanol–water partition coefficient (Wildman–Crippen LogP) is 3.12. The van der Waals surface area contributed by atoms with Crippen molar-refractivity contribution in [1.82, 2.24) is 20.2 Å². The van der Waals surface area contributed by atoms with Crippen LogP contribution in [0.15, 0.2) is 59.4 Å². The molecule has 7 nitrogen and oxygen atoms in total. The molecule has 0 radical (unpaired) electrons. The normalized spacial score (nSPS) is 12.9. The second kappa shape index (κ2) is 10.0. The summed E-state index contributed by atoms with van der Waals surface area (Å²) in [6.45, 7) is 6.37. The molecule has 2 N–H and O–H groups in total. The summed E-state index contributed by atoms with van der Waals surface area (Å²) in [6.07, 6.45) is 0.730. The van der Waals surface area contributed by atoms with Gasteiger partial charge in [0.2, 0.25) is 5.91 Å². The Morgan fingerprint density at radius 1 is 1.06 bits per heavy atom. The number of likely N-dealkylation sites (N-methyl/N-ethyl adjacent to an activating group) is 1. The topological polar surface area (TPSA) is 95.2 Å². The second-order valence-electron chi connectivity index (χ2n) is 7.58. The number of aromatic amines is 1. The summed E-state index contributed by atoms with van der Waals surface area (Å²) >= 11 is 0. The monoisotopic (exact) mass is 420 g/mol. The lowest BCUT2D eigenvalue weighted by atomic mass is 9.97. The Hall–Kier alpha value is -3.48. The predicted molar refractivity (Wildman–Crippen MR) is 121 cm³/mol. The number of benzene rings is 2. The van der Waals surface area contributed by atoms with Crippen molar-refractivity contribution in [2.24, 2.45) is 5.92 Å². The Morgan fingerprint density at radius 3 is 2.42 bits per heavy atom. The third kappa shape index (κ3) is 5.17. The van der Waals surface area contributed by atoms with Gasteiger partial charge in [0, 0.05) is 12.1 Å². The average molecular weight is 421 g/mol. The van der Waals surface area contributed by atoms with E-state index in [2.05, 4.69) is 15.3 Å². The summed E-state index contributed by atoms with van der Waals surface area (Å²) < 4.78 is 0. The van der Waals surface area contributed by atoms with Gasteiger partial charge in [0.25, 0.3) is 11.5 Å². The Bertz CT molecular complexity index is 1110. The van der Waals surface area contributed by atoms with Crippen LogP contribution in [0.1, 0.15) is 43.4 Å². The third-order valence-corrected chi connectivity index (χ3v) is 5.50. The van der Waals surface area contributed by atoms with Crippen LogP contribution >= 0.6 is 0 Å². The maximum atomic E-state index is 13.4. The highest BCUT2D eigenvalue weighted by atomic mass is 16.2. The summed E-state index contributed by atoms with van der Waals surface area (Å²) in [5, 5.41) is 3.41. The number of fused-ring (bicyclic) bond motifs is 1. The fourth-order valence-electron chi connectivity index (χ4n) is 3.43. The summed E-state index contributed by atoms with van der Waals surface area (Å²) in [7, 11) is 0. The van der Waals surface area contributed by atoms with Crippen molar-refractivity contribution >= 4 is 22.7 Å². The maximum absolute atomic E-state index is 13.4. The molecule has 7 heteroatoms. The molecular weight excluding hydrogens is 392 g/mol. The van der Waals surface area contributed by atoms with Gasteiger partial charge in [-0.25, -0.2) is 4.98 Å². The number of hydrogen-bond donors (Lipinski definition) is 2. The first kappa shape index (κ1) is 22.2. The molecule has 162 valence electrons. The van der Waals surface area contributed by atoms with Crippen LogP contribution in [0.4, 0.5) is 0 Å². The lowest BCUT2D eigenvalue weighted by Gasteiger charge is -2.30. The number of aromatic nitrogens is 2. The van der Waals surface area contributed by atoms with Gasteiger partial charge in [0.05, 0.1) is 17.4 Å². The molecule has 1 heterocycles. The summed E-state index contributed by atoms with van der Waals surface area (Å²) in [5.41, 5.74) is 0.854. The van der Waals surface area contributed by atoms with E-state index >= 15 is 0 Å². The molecule has 0 aliphatic carbocycles. The summed E-state index contributed by atoms with van der Waals surface area (Å²) in [6, 6.07) is 15.3. The summed E-state index contributed by atoms with van der Waals surface area (Å²) in [4.78, 5) is 47.3. The van der Waals surface area contributed by atoms with Gasteiger partial charge in [-0.1, -0.05) is 50.6 Å². The van der Waals surface area contributed by atoms with E-state index in [1.54, 1.807) is 47.4 Å². The van der Waals surface area contributed by atoms with Gasteiger partial charge in [0.1, 0.15) is 11.9 Å². The first-order valence-electron chi connectivity index (χ1n) is 10.6. The first-order valence-corrected chi connectivity index (χ1v) is 10.6. The van der Waals surface area contributed by atoms with Crippen molar-refractivity contribution in [2.45, 2.75) is 39.8 Å². The van der Waals surface area contributed by atoms with Gasteiger partial charge < -0.3 is 15.2 Å². The minimum Gasteiger partial charge on any atom is -0.340 e. The van der Waals surface area contributed by atoms with Crippen LogP contribution in [-0.2, 0) is 11.3 Å². The number of H-pyrrole nitrogens is 1. The molecule has 0 saturated heterocycles. The SMILES string of the molecule is CCC(C)C(NC(=O)c1ccccc1)C(=O)N(CC)Cc1nc2ccccc2c(=O)[nH]1. The number of carbonyl (C=O) groups excluding carboxylic acids is 2. The van der Waals surface area contributed by atoms with Gasteiger partial charge >= 0.3 is 0 Å². The lowest BCUT2D eigenvalue weighted by molar-refractivity contribution is -0.135. The molecule has 1 aromatic heterocycles. The van der Waals surface area contributed by atoms with Crippen molar-refractivity contribution in [2.75, 3.05) is 6.54 Å². The van der Waals surface area contributed by atoms with E-state index in [0.717, 1.165) is 6.42 Å². The van der Waals surface area contributed by atoms with E-state index in [-0.39, 0.29) is 29.8 Å². The zero-order chi connectivity index (χ0) is 22.4. The van der Waals surface area contributed by atoms with Gasteiger partial charge in [-0.3, -0.25) is 14.4 Å². The Kier molecular flexibility index (Phi) is 7.18. The van der Waals surface area contributed by atoms with Crippen LogP contribution in [0.25, 0.3) is 10.9 Å². The van der Waals surface area contributed by atoms with Crippen molar-refractivity contribution in [3.8, 4) is 0 Å². The molecule has 0 spiro atoms. The Morgan fingerprint density at radius 2 is 1.74 bits per heavy atom. The number of para-hydroxylation sites is 1. The van der Waals surface area contributed by atoms with E-state index in [4.69, 9.17) is 0 Å². The highest BCUT2D eigenvalue weighted by Crippen LogP contribution is 2.14. The number of nitrogens with zero attached hydrogens (tertiary/aromatic N) is 2. The third-order valence-electron chi connectivity index (χ3n) is 5.50. The molecule has 0 fully saturated rings. The molecule has 0 aliphatic heterocycles. The minimum absolute atomic E-state index is 0.0576. The molecule has 2 amide bonds. The Balaban J connectivity index is 1.83. The van der Waals surface area contributed by atoms with Gasteiger partial charge in [-0.05, 0) is 37.1 Å². The van der Waals surface area contributed by atoms with Crippen LogP contribution in [0.2, 0.25) is 0 Å². The molecule has 2 aromatic carbocycles. The fraction of sp³-hybridized carbons (Fsp3) is 0.333.